The fourth-order valence-electron chi connectivity index (χ4n) is 3.68. The maximum atomic E-state index is 13.3. The van der Waals surface area contributed by atoms with Crippen LogP contribution in [0, 0.1) is 6.92 Å². The van der Waals surface area contributed by atoms with Gasteiger partial charge in [0.2, 0.25) is 5.91 Å². The van der Waals surface area contributed by atoms with Crippen molar-refractivity contribution >= 4 is 11.6 Å². The van der Waals surface area contributed by atoms with Crippen molar-refractivity contribution in [1.82, 2.24) is 4.90 Å². The number of amides is 1. The number of aryl methyl sites for hydroxylation is 1. The van der Waals surface area contributed by atoms with Crippen molar-refractivity contribution < 1.29 is 18.0 Å². The number of nitrogens with zero attached hydrogens (tertiary/aromatic N) is 2. The maximum Gasteiger partial charge on any atom is 0.416 e. The number of hydrogen-bond acceptors (Lipinski definition) is 2. The SMILES string of the molecule is Cc1ccc(N(C2CCCCC2)[C@@H](C)C(=O)N(C)C)cc1C(F)(F)F. The van der Waals surface area contributed by atoms with Gasteiger partial charge in [-0.3, -0.25) is 4.79 Å². The Bertz CT molecular complexity index is 607. The molecule has 0 aliphatic heterocycles. The predicted molar refractivity (Wildman–Crippen MR) is 93.7 cm³/mol. The molecule has 1 aromatic carbocycles. The summed E-state index contributed by atoms with van der Waals surface area (Å²) < 4.78 is 40.0. The highest BCUT2D eigenvalue weighted by atomic mass is 19.4. The van der Waals surface area contributed by atoms with Crippen molar-refractivity contribution in [3.8, 4) is 0 Å². The lowest BCUT2D eigenvalue weighted by molar-refractivity contribution is -0.138. The lowest BCUT2D eigenvalue weighted by atomic mass is 9.92. The third kappa shape index (κ3) is 4.47. The molecule has 1 aromatic rings. The number of benzene rings is 1. The van der Waals surface area contributed by atoms with Crippen molar-refractivity contribution in [3.63, 3.8) is 0 Å². The molecule has 1 fully saturated rings. The fraction of sp³-hybridized carbons (Fsp3) is 0.632. The second-order valence-corrected chi connectivity index (χ2v) is 7.10. The van der Waals surface area contributed by atoms with Gasteiger partial charge in [0.25, 0.3) is 0 Å². The summed E-state index contributed by atoms with van der Waals surface area (Å²) in [6.07, 6.45) is 0.639. The van der Waals surface area contributed by atoms with E-state index < -0.39 is 17.8 Å². The van der Waals surface area contributed by atoms with Crippen LogP contribution in [0.2, 0.25) is 0 Å². The van der Waals surface area contributed by atoms with Gasteiger partial charge in [0.15, 0.2) is 0 Å². The van der Waals surface area contributed by atoms with E-state index in [-0.39, 0.29) is 17.5 Å². The van der Waals surface area contributed by atoms with E-state index >= 15 is 0 Å². The standard InChI is InChI=1S/C19H27F3N2O/c1-13-10-11-16(12-17(13)19(20,21)22)24(14(2)18(25)23(3)4)15-8-6-5-7-9-15/h10-12,14-15H,5-9H2,1-4H3/t14-/m0/s1. The summed E-state index contributed by atoms with van der Waals surface area (Å²) in [5, 5.41) is 0. The third-order valence-electron chi connectivity index (χ3n) is 5.01. The Labute approximate surface area is 147 Å². The van der Waals surface area contributed by atoms with Gasteiger partial charge in [-0.05, 0) is 44.4 Å². The summed E-state index contributed by atoms with van der Waals surface area (Å²) in [6.45, 7) is 3.25. The first-order chi connectivity index (χ1) is 11.6. The van der Waals surface area contributed by atoms with E-state index in [0.29, 0.717) is 5.69 Å². The van der Waals surface area contributed by atoms with Gasteiger partial charge >= 0.3 is 6.18 Å². The molecule has 0 N–H and O–H groups in total. The van der Waals surface area contributed by atoms with Gasteiger partial charge < -0.3 is 9.80 Å². The Morgan fingerprint density at radius 1 is 1.16 bits per heavy atom. The molecule has 2 rings (SSSR count). The summed E-state index contributed by atoms with van der Waals surface area (Å²) in [4.78, 5) is 15.9. The van der Waals surface area contributed by atoms with E-state index in [2.05, 4.69) is 0 Å². The molecule has 1 aliphatic rings. The second-order valence-electron chi connectivity index (χ2n) is 7.10. The van der Waals surface area contributed by atoms with Crippen molar-refractivity contribution in [2.45, 2.75) is 64.2 Å². The number of hydrogen-bond donors (Lipinski definition) is 0. The summed E-state index contributed by atoms with van der Waals surface area (Å²) >= 11 is 0. The number of anilines is 1. The lowest BCUT2D eigenvalue weighted by Gasteiger charge is -2.40. The van der Waals surface area contributed by atoms with E-state index in [4.69, 9.17) is 0 Å². The first-order valence-electron chi connectivity index (χ1n) is 8.80. The van der Waals surface area contributed by atoms with Crippen LogP contribution in [0.4, 0.5) is 18.9 Å². The first kappa shape index (κ1) is 19.6. The fourth-order valence-corrected chi connectivity index (χ4v) is 3.68. The summed E-state index contributed by atoms with van der Waals surface area (Å²) in [5.74, 6) is -0.0975. The van der Waals surface area contributed by atoms with Crippen molar-refractivity contribution in [1.29, 1.82) is 0 Å². The van der Waals surface area contributed by atoms with Crippen LogP contribution in [0.5, 0.6) is 0 Å². The molecule has 1 atom stereocenters. The number of rotatable bonds is 4. The zero-order chi connectivity index (χ0) is 18.8. The highest BCUT2D eigenvalue weighted by Crippen LogP contribution is 2.37. The van der Waals surface area contributed by atoms with Gasteiger partial charge in [-0.1, -0.05) is 25.3 Å². The molecular formula is C19H27F3N2O. The van der Waals surface area contributed by atoms with Gasteiger partial charge in [0, 0.05) is 25.8 Å². The van der Waals surface area contributed by atoms with Gasteiger partial charge in [-0.2, -0.15) is 13.2 Å². The van der Waals surface area contributed by atoms with E-state index in [9.17, 15) is 18.0 Å². The maximum absolute atomic E-state index is 13.3. The third-order valence-corrected chi connectivity index (χ3v) is 5.01. The molecule has 0 saturated heterocycles. The van der Waals surface area contributed by atoms with E-state index in [1.807, 2.05) is 4.90 Å². The van der Waals surface area contributed by atoms with Crippen LogP contribution in [0.1, 0.15) is 50.2 Å². The Kier molecular flexibility index (Phi) is 6.01. The highest BCUT2D eigenvalue weighted by Gasteiger charge is 2.35. The Balaban J connectivity index is 2.46. The Morgan fingerprint density at radius 2 is 1.76 bits per heavy atom. The Morgan fingerprint density at radius 3 is 2.28 bits per heavy atom. The van der Waals surface area contributed by atoms with Crippen LogP contribution in [-0.2, 0) is 11.0 Å². The number of alkyl halides is 3. The van der Waals surface area contributed by atoms with Crippen LogP contribution in [0.15, 0.2) is 18.2 Å². The molecule has 0 heterocycles. The van der Waals surface area contributed by atoms with Gasteiger partial charge in [0.05, 0.1) is 5.56 Å². The second kappa shape index (κ2) is 7.67. The Hall–Kier alpha value is -1.72. The number of likely N-dealkylation sites (N-methyl/N-ethyl adjacent to an activating group) is 1. The molecule has 0 radical (unpaired) electrons. The largest absolute Gasteiger partial charge is 0.416 e. The topological polar surface area (TPSA) is 23.6 Å². The molecule has 3 nitrogen and oxygen atoms in total. The molecule has 0 bridgehead atoms. The summed E-state index contributed by atoms with van der Waals surface area (Å²) in [6, 6.07) is 4.00. The number of carbonyl (C=O) groups excluding carboxylic acids is 1. The molecule has 140 valence electrons. The van der Waals surface area contributed by atoms with Crippen molar-refractivity contribution in [3.05, 3.63) is 29.3 Å². The molecule has 0 unspecified atom stereocenters. The van der Waals surface area contributed by atoms with Gasteiger partial charge in [0.1, 0.15) is 6.04 Å². The molecular weight excluding hydrogens is 329 g/mol. The van der Waals surface area contributed by atoms with Crippen LogP contribution in [0.3, 0.4) is 0 Å². The van der Waals surface area contributed by atoms with E-state index in [1.54, 1.807) is 27.1 Å². The zero-order valence-electron chi connectivity index (χ0n) is 15.4. The van der Waals surface area contributed by atoms with Crippen LogP contribution >= 0.6 is 0 Å². The minimum atomic E-state index is -4.40. The predicted octanol–water partition coefficient (Wildman–Crippen LogP) is 4.63. The average Bonchev–Trinajstić information content (AvgIpc) is 2.55. The van der Waals surface area contributed by atoms with E-state index in [1.165, 1.54) is 24.0 Å². The molecule has 1 saturated carbocycles. The summed E-state index contributed by atoms with van der Waals surface area (Å²) in [5.41, 5.74) is 0.0502. The van der Waals surface area contributed by atoms with Crippen LogP contribution in [0.25, 0.3) is 0 Å². The molecule has 1 aliphatic carbocycles. The smallest absolute Gasteiger partial charge is 0.357 e. The van der Waals surface area contributed by atoms with Crippen LogP contribution < -0.4 is 4.90 Å². The van der Waals surface area contributed by atoms with Crippen molar-refractivity contribution in [2.75, 3.05) is 19.0 Å². The molecule has 1 amide bonds. The number of carbonyl (C=O) groups is 1. The number of halogens is 3. The minimum absolute atomic E-state index is 0.0939. The zero-order valence-corrected chi connectivity index (χ0v) is 15.4. The molecule has 25 heavy (non-hydrogen) atoms. The van der Waals surface area contributed by atoms with Gasteiger partial charge in [-0.15, -0.1) is 0 Å². The van der Waals surface area contributed by atoms with Crippen LogP contribution in [-0.4, -0.2) is 37.0 Å². The summed E-state index contributed by atoms with van der Waals surface area (Å²) in [7, 11) is 3.35. The monoisotopic (exact) mass is 356 g/mol. The normalized spacial score (nSPS) is 17.2. The lowest BCUT2D eigenvalue weighted by Crippen LogP contribution is -2.50. The van der Waals surface area contributed by atoms with Gasteiger partial charge in [-0.25, -0.2) is 0 Å². The van der Waals surface area contributed by atoms with E-state index in [0.717, 1.165) is 32.1 Å². The average molecular weight is 356 g/mol. The quantitative estimate of drug-likeness (QED) is 0.785. The first-order valence-corrected chi connectivity index (χ1v) is 8.80. The molecule has 0 aromatic heterocycles. The highest BCUT2D eigenvalue weighted by molar-refractivity contribution is 5.84. The van der Waals surface area contributed by atoms with Crippen molar-refractivity contribution in [2.24, 2.45) is 0 Å². The molecule has 0 spiro atoms. The minimum Gasteiger partial charge on any atom is -0.357 e. The molecule has 6 heteroatoms.